The van der Waals surface area contributed by atoms with E-state index in [0.29, 0.717) is 0 Å². The Bertz CT molecular complexity index is 234. The maximum atomic E-state index is 3.76. The second-order valence-electron chi connectivity index (χ2n) is 6.07. The molecule has 0 spiro atoms. The van der Waals surface area contributed by atoms with E-state index in [2.05, 4.69) is 15.1 Å². The lowest BCUT2D eigenvalue weighted by atomic mass is 10.1. The summed E-state index contributed by atoms with van der Waals surface area (Å²) in [5.41, 5.74) is 0. The Morgan fingerprint density at radius 2 is 1.76 bits per heavy atom. The Balaban J connectivity index is 1.29. The number of hydrogen-bond acceptors (Lipinski definition) is 3. The van der Waals surface area contributed by atoms with Crippen molar-refractivity contribution >= 4 is 0 Å². The van der Waals surface area contributed by atoms with Crippen molar-refractivity contribution in [2.45, 2.75) is 50.6 Å². The van der Waals surface area contributed by atoms with Crippen LogP contribution in [0.4, 0.5) is 0 Å². The fraction of sp³-hybridized carbons (Fsp3) is 1.00. The summed E-state index contributed by atoms with van der Waals surface area (Å²) in [4.78, 5) is 5.32. The highest BCUT2D eigenvalue weighted by Crippen LogP contribution is 2.29. The molecule has 2 saturated heterocycles. The monoisotopic (exact) mass is 237 g/mol. The number of likely N-dealkylation sites (tertiary alicyclic amines) is 2. The van der Waals surface area contributed by atoms with Crippen molar-refractivity contribution < 1.29 is 0 Å². The highest BCUT2D eigenvalue weighted by molar-refractivity contribution is 4.91. The van der Waals surface area contributed by atoms with E-state index >= 15 is 0 Å². The lowest BCUT2D eigenvalue weighted by Gasteiger charge is -2.27. The van der Waals surface area contributed by atoms with Gasteiger partial charge < -0.3 is 10.2 Å². The smallest absolute Gasteiger partial charge is 0.0207 e. The highest BCUT2D eigenvalue weighted by atomic mass is 15.2. The van der Waals surface area contributed by atoms with Gasteiger partial charge in [0.15, 0.2) is 0 Å². The molecule has 3 nitrogen and oxygen atoms in total. The van der Waals surface area contributed by atoms with Crippen LogP contribution in [0.15, 0.2) is 0 Å². The van der Waals surface area contributed by atoms with Crippen molar-refractivity contribution in [3.63, 3.8) is 0 Å². The Labute approximate surface area is 106 Å². The van der Waals surface area contributed by atoms with Crippen molar-refractivity contribution in [1.82, 2.24) is 15.1 Å². The normalized spacial score (nSPS) is 32.1. The summed E-state index contributed by atoms with van der Waals surface area (Å²) in [6, 6.07) is 1.74. The summed E-state index contributed by atoms with van der Waals surface area (Å²) in [5.74, 6) is 0. The molecule has 0 aromatic rings. The zero-order valence-electron chi connectivity index (χ0n) is 11.0. The van der Waals surface area contributed by atoms with Crippen LogP contribution in [0.3, 0.4) is 0 Å². The molecule has 3 heteroatoms. The van der Waals surface area contributed by atoms with Crippen molar-refractivity contribution in [3.8, 4) is 0 Å². The van der Waals surface area contributed by atoms with Gasteiger partial charge in [-0.05, 0) is 45.2 Å². The van der Waals surface area contributed by atoms with E-state index in [1.165, 1.54) is 77.8 Å². The number of nitrogens with one attached hydrogen (secondary N) is 1. The van der Waals surface area contributed by atoms with Crippen LogP contribution in [-0.4, -0.2) is 61.2 Å². The third-order valence-corrected chi connectivity index (χ3v) is 4.59. The van der Waals surface area contributed by atoms with Crippen LogP contribution in [0.5, 0.6) is 0 Å². The van der Waals surface area contributed by atoms with Crippen LogP contribution >= 0.6 is 0 Å². The van der Waals surface area contributed by atoms with Gasteiger partial charge in [0.05, 0.1) is 0 Å². The third-order valence-electron chi connectivity index (χ3n) is 4.59. The SMILES string of the molecule is C1CCN(CCNC2CCN(C3CC3)C2)CC1. The van der Waals surface area contributed by atoms with Crippen LogP contribution in [0, 0.1) is 0 Å². The predicted molar refractivity (Wildman–Crippen MR) is 71.3 cm³/mol. The molecule has 0 aromatic heterocycles. The number of nitrogens with zero attached hydrogens (tertiary/aromatic N) is 2. The number of rotatable bonds is 5. The highest BCUT2D eigenvalue weighted by Gasteiger charge is 2.33. The molecule has 2 heterocycles. The number of hydrogen-bond donors (Lipinski definition) is 1. The molecule has 17 heavy (non-hydrogen) atoms. The van der Waals surface area contributed by atoms with Gasteiger partial charge in [-0.2, -0.15) is 0 Å². The van der Waals surface area contributed by atoms with E-state index < -0.39 is 0 Å². The Morgan fingerprint density at radius 1 is 0.941 bits per heavy atom. The minimum Gasteiger partial charge on any atom is -0.311 e. The Morgan fingerprint density at radius 3 is 2.53 bits per heavy atom. The van der Waals surface area contributed by atoms with Crippen LogP contribution in [-0.2, 0) is 0 Å². The van der Waals surface area contributed by atoms with Crippen LogP contribution in [0.25, 0.3) is 0 Å². The standard InChI is InChI=1S/C14H27N3/c1-2-8-16(9-3-1)11-7-15-13-6-10-17(12-13)14-4-5-14/h13-15H,1-12H2. The molecule has 2 aliphatic heterocycles. The summed E-state index contributed by atoms with van der Waals surface area (Å²) in [6.45, 7) is 7.78. The van der Waals surface area contributed by atoms with Gasteiger partial charge in [-0.3, -0.25) is 4.90 Å². The molecule has 0 aromatic carbocycles. The second-order valence-corrected chi connectivity index (χ2v) is 6.07. The molecule has 98 valence electrons. The first kappa shape index (κ1) is 11.9. The van der Waals surface area contributed by atoms with Crippen LogP contribution < -0.4 is 5.32 Å². The average molecular weight is 237 g/mol. The van der Waals surface area contributed by atoms with Crippen molar-refractivity contribution in [2.24, 2.45) is 0 Å². The summed E-state index contributed by atoms with van der Waals surface area (Å²) >= 11 is 0. The van der Waals surface area contributed by atoms with Gasteiger partial charge in [0.25, 0.3) is 0 Å². The summed E-state index contributed by atoms with van der Waals surface area (Å²) < 4.78 is 0. The van der Waals surface area contributed by atoms with Gasteiger partial charge in [-0.15, -0.1) is 0 Å². The molecule has 1 aliphatic carbocycles. The van der Waals surface area contributed by atoms with Gasteiger partial charge in [0, 0.05) is 38.3 Å². The molecule has 3 fully saturated rings. The van der Waals surface area contributed by atoms with E-state index in [1.54, 1.807) is 0 Å². The van der Waals surface area contributed by atoms with Gasteiger partial charge in [-0.1, -0.05) is 6.42 Å². The first-order chi connectivity index (χ1) is 8.42. The maximum absolute atomic E-state index is 3.76. The molecule has 0 bridgehead atoms. The fourth-order valence-corrected chi connectivity index (χ4v) is 3.34. The van der Waals surface area contributed by atoms with E-state index in [9.17, 15) is 0 Å². The Kier molecular flexibility index (Phi) is 3.99. The molecular formula is C14H27N3. The quantitative estimate of drug-likeness (QED) is 0.777. The molecule has 0 radical (unpaired) electrons. The van der Waals surface area contributed by atoms with E-state index in [4.69, 9.17) is 0 Å². The third kappa shape index (κ3) is 3.43. The minimum atomic E-state index is 0.778. The molecule has 3 aliphatic rings. The maximum Gasteiger partial charge on any atom is 0.0207 e. The lowest BCUT2D eigenvalue weighted by molar-refractivity contribution is 0.225. The molecule has 1 N–H and O–H groups in total. The Hall–Kier alpha value is -0.120. The summed E-state index contributed by atoms with van der Waals surface area (Å²) in [6.07, 6.45) is 8.57. The van der Waals surface area contributed by atoms with E-state index in [1.807, 2.05) is 0 Å². The first-order valence-electron chi connectivity index (χ1n) is 7.61. The molecule has 1 unspecified atom stereocenters. The molecule has 1 saturated carbocycles. The topological polar surface area (TPSA) is 18.5 Å². The lowest BCUT2D eigenvalue weighted by Crippen LogP contribution is -2.40. The molecule has 3 rings (SSSR count). The predicted octanol–water partition coefficient (Wildman–Crippen LogP) is 1.30. The van der Waals surface area contributed by atoms with Gasteiger partial charge in [0.2, 0.25) is 0 Å². The zero-order chi connectivity index (χ0) is 11.5. The second kappa shape index (κ2) is 5.68. The van der Waals surface area contributed by atoms with Crippen molar-refractivity contribution in [2.75, 3.05) is 39.3 Å². The van der Waals surface area contributed by atoms with Crippen molar-refractivity contribution in [3.05, 3.63) is 0 Å². The van der Waals surface area contributed by atoms with Crippen LogP contribution in [0.1, 0.15) is 38.5 Å². The average Bonchev–Trinajstić information content (AvgIpc) is 3.11. The van der Waals surface area contributed by atoms with Gasteiger partial charge >= 0.3 is 0 Å². The molecule has 1 atom stereocenters. The van der Waals surface area contributed by atoms with Crippen molar-refractivity contribution in [1.29, 1.82) is 0 Å². The zero-order valence-corrected chi connectivity index (χ0v) is 11.0. The van der Waals surface area contributed by atoms with E-state index in [-0.39, 0.29) is 0 Å². The number of piperidine rings is 1. The van der Waals surface area contributed by atoms with Gasteiger partial charge in [-0.25, -0.2) is 0 Å². The fourth-order valence-electron chi connectivity index (χ4n) is 3.34. The summed E-state index contributed by atoms with van der Waals surface area (Å²) in [5, 5.41) is 3.76. The molecular weight excluding hydrogens is 210 g/mol. The van der Waals surface area contributed by atoms with Crippen LogP contribution in [0.2, 0.25) is 0 Å². The van der Waals surface area contributed by atoms with E-state index in [0.717, 1.165) is 12.1 Å². The largest absolute Gasteiger partial charge is 0.311 e. The summed E-state index contributed by atoms with van der Waals surface area (Å²) in [7, 11) is 0. The van der Waals surface area contributed by atoms with Gasteiger partial charge in [0.1, 0.15) is 0 Å². The first-order valence-corrected chi connectivity index (χ1v) is 7.61. The minimum absolute atomic E-state index is 0.778. The molecule has 0 amide bonds.